The normalized spacial score (nSPS) is 34.0. The standard InChI is InChI=1S/C17H25F2O2P/c1-12-3-2-8-20-11-15(18)17(19)16(9-12)21-10-13-4-6-14(22)7-5-13/h9,13-14H,1-8,10-11,22H2/b16-9+,17-15-. The lowest BCUT2D eigenvalue weighted by molar-refractivity contribution is 0.125. The van der Waals surface area contributed by atoms with Gasteiger partial charge in [0.15, 0.2) is 17.4 Å². The second kappa shape index (κ2) is 8.79. The van der Waals surface area contributed by atoms with Gasteiger partial charge in [0.05, 0.1) is 6.61 Å². The van der Waals surface area contributed by atoms with E-state index < -0.39 is 11.7 Å². The van der Waals surface area contributed by atoms with E-state index in [1.54, 1.807) is 0 Å². The molecule has 1 atom stereocenters. The molecule has 1 saturated carbocycles. The summed E-state index contributed by atoms with van der Waals surface area (Å²) >= 11 is 0. The second-order valence-corrected chi connectivity index (χ2v) is 7.08. The zero-order chi connectivity index (χ0) is 15.9. The number of ether oxygens (including phenoxy) is 2. The molecule has 0 amide bonds. The second-order valence-electron chi connectivity index (χ2n) is 6.13. The van der Waals surface area contributed by atoms with Crippen molar-refractivity contribution < 1.29 is 18.3 Å². The quantitative estimate of drug-likeness (QED) is 0.690. The summed E-state index contributed by atoms with van der Waals surface area (Å²) in [4.78, 5) is 0. The Kier molecular flexibility index (Phi) is 7.04. The van der Waals surface area contributed by atoms with Crippen LogP contribution in [0.15, 0.2) is 35.6 Å². The fourth-order valence-electron chi connectivity index (χ4n) is 2.75. The SMILES string of the molecule is C=C1/C=C(OCC2CCC(P)CC2)\C(F)=C(\F)COCCC1. The molecular formula is C17H25F2O2P. The van der Waals surface area contributed by atoms with Crippen LogP contribution in [-0.2, 0) is 9.47 Å². The molecule has 1 unspecified atom stereocenters. The van der Waals surface area contributed by atoms with Gasteiger partial charge in [0.25, 0.3) is 0 Å². The Morgan fingerprint density at radius 2 is 2.00 bits per heavy atom. The summed E-state index contributed by atoms with van der Waals surface area (Å²) in [6, 6.07) is 0. The van der Waals surface area contributed by atoms with Crippen LogP contribution in [0.2, 0.25) is 0 Å². The van der Waals surface area contributed by atoms with Gasteiger partial charge in [0.2, 0.25) is 0 Å². The van der Waals surface area contributed by atoms with E-state index in [1.807, 2.05) is 0 Å². The molecule has 0 saturated heterocycles. The Balaban J connectivity index is 2.01. The molecule has 2 nitrogen and oxygen atoms in total. The van der Waals surface area contributed by atoms with Gasteiger partial charge in [0.1, 0.15) is 6.61 Å². The largest absolute Gasteiger partial charge is 0.490 e. The molecule has 0 spiro atoms. The van der Waals surface area contributed by atoms with Crippen molar-refractivity contribution in [1.82, 2.24) is 0 Å². The predicted molar refractivity (Wildman–Crippen MR) is 87.9 cm³/mol. The molecule has 1 fully saturated rings. The number of hydrogen-bond acceptors (Lipinski definition) is 2. The van der Waals surface area contributed by atoms with Crippen molar-refractivity contribution in [3.63, 3.8) is 0 Å². The van der Waals surface area contributed by atoms with E-state index in [0.29, 0.717) is 31.2 Å². The van der Waals surface area contributed by atoms with Crippen LogP contribution in [0.25, 0.3) is 0 Å². The van der Waals surface area contributed by atoms with Gasteiger partial charge in [-0.05, 0) is 56.2 Å². The Morgan fingerprint density at radius 3 is 2.73 bits per heavy atom. The van der Waals surface area contributed by atoms with Crippen molar-refractivity contribution in [1.29, 1.82) is 0 Å². The zero-order valence-corrected chi connectivity index (χ0v) is 14.1. The van der Waals surface area contributed by atoms with Crippen LogP contribution < -0.4 is 0 Å². The van der Waals surface area contributed by atoms with E-state index in [2.05, 4.69) is 15.8 Å². The maximum absolute atomic E-state index is 14.2. The number of rotatable bonds is 3. The first kappa shape index (κ1) is 17.6. The minimum Gasteiger partial charge on any atom is -0.490 e. The summed E-state index contributed by atoms with van der Waals surface area (Å²) in [6.45, 7) is 4.37. The lowest BCUT2D eigenvalue weighted by Crippen LogP contribution is -2.18. The van der Waals surface area contributed by atoms with E-state index in [9.17, 15) is 8.78 Å². The Labute approximate surface area is 133 Å². The highest BCUT2D eigenvalue weighted by Gasteiger charge is 2.21. The van der Waals surface area contributed by atoms with Gasteiger partial charge in [-0.2, -0.15) is 4.39 Å². The average Bonchev–Trinajstić information content (AvgIpc) is 2.51. The van der Waals surface area contributed by atoms with Gasteiger partial charge >= 0.3 is 0 Å². The monoisotopic (exact) mass is 330 g/mol. The molecule has 0 N–H and O–H groups in total. The van der Waals surface area contributed by atoms with Crippen LogP contribution >= 0.6 is 9.24 Å². The Morgan fingerprint density at radius 1 is 1.27 bits per heavy atom. The fourth-order valence-corrected chi connectivity index (χ4v) is 3.13. The summed E-state index contributed by atoms with van der Waals surface area (Å²) in [5.41, 5.74) is 1.41. The Bertz CT molecular complexity index is 452. The molecule has 2 aliphatic rings. The summed E-state index contributed by atoms with van der Waals surface area (Å²) in [5.74, 6) is -1.49. The third-order valence-corrected chi connectivity index (χ3v) is 4.84. The van der Waals surface area contributed by atoms with Crippen molar-refractivity contribution >= 4 is 9.24 Å². The van der Waals surface area contributed by atoms with Gasteiger partial charge in [-0.15, -0.1) is 9.24 Å². The van der Waals surface area contributed by atoms with Gasteiger partial charge in [0, 0.05) is 6.61 Å². The van der Waals surface area contributed by atoms with Crippen LogP contribution in [0, 0.1) is 5.92 Å². The number of hydrogen-bond donors (Lipinski definition) is 0. The third-order valence-electron chi connectivity index (χ3n) is 4.17. The van der Waals surface area contributed by atoms with Crippen LogP contribution in [0.1, 0.15) is 38.5 Å². The maximum Gasteiger partial charge on any atom is 0.198 e. The first-order valence-electron chi connectivity index (χ1n) is 7.96. The predicted octanol–water partition coefficient (Wildman–Crippen LogP) is 4.84. The first-order chi connectivity index (χ1) is 10.6. The molecule has 124 valence electrons. The van der Waals surface area contributed by atoms with Crippen LogP contribution in [0.4, 0.5) is 8.78 Å². The minimum atomic E-state index is -0.956. The van der Waals surface area contributed by atoms with Gasteiger partial charge in [-0.1, -0.05) is 12.2 Å². The van der Waals surface area contributed by atoms with E-state index in [0.717, 1.165) is 37.7 Å². The highest BCUT2D eigenvalue weighted by Crippen LogP contribution is 2.30. The van der Waals surface area contributed by atoms with Crippen LogP contribution in [-0.4, -0.2) is 25.5 Å². The average molecular weight is 330 g/mol. The lowest BCUT2D eigenvalue weighted by Gasteiger charge is -2.26. The topological polar surface area (TPSA) is 18.5 Å². The van der Waals surface area contributed by atoms with Crippen molar-refractivity contribution in [3.05, 3.63) is 35.6 Å². The third kappa shape index (κ3) is 5.48. The molecule has 0 aromatic heterocycles. The minimum absolute atomic E-state index is 0.0407. The summed E-state index contributed by atoms with van der Waals surface area (Å²) in [5, 5.41) is 0. The molecular weight excluding hydrogens is 305 g/mol. The van der Waals surface area contributed by atoms with Gasteiger partial charge in [-0.25, -0.2) is 4.39 Å². The maximum atomic E-state index is 14.2. The summed E-state index contributed by atoms with van der Waals surface area (Å²) in [7, 11) is 2.86. The molecule has 5 heteroatoms. The van der Waals surface area contributed by atoms with Crippen LogP contribution in [0.3, 0.4) is 0 Å². The Hall–Kier alpha value is -0.730. The molecule has 0 radical (unpaired) electrons. The molecule has 1 aliphatic carbocycles. The molecule has 0 bridgehead atoms. The summed E-state index contributed by atoms with van der Waals surface area (Å²) in [6.07, 6.45) is 7.39. The van der Waals surface area contributed by atoms with Gasteiger partial charge < -0.3 is 9.47 Å². The van der Waals surface area contributed by atoms with Crippen LogP contribution in [0.5, 0.6) is 0 Å². The van der Waals surface area contributed by atoms with E-state index >= 15 is 0 Å². The number of halogens is 2. The zero-order valence-electron chi connectivity index (χ0n) is 13.0. The number of allylic oxidation sites excluding steroid dienone is 3. The van der Waals surface area contributed by atoms with Gasteiger partial charge in [-0.3, -0.25) is 0 Å². The fraction of sp³-hybridized carbons (Fsp3) is 0.647. The van der Waals surface area contributed by atoms with E-state index in [-0.39, 0.29) is 12.4 Å². The van der Waals surface area contributed by atoms with Crippen molar-refractivity contribution in [2.45, 2.75) is 44.2 Å². The molecule has 0 aromatic carbocycles. The highest BCUT2D eigenvalue weighted by atomic mass is 31.0. The van der Waals surface area contributed by atoms with E-state index in [4.69, 9.17) is 9.47 Å². The first-order valence-corrected chi connectivity index (χ1v) is 8.63. The smallest absolute Gasteiger partial charge is 0.198 e. The molecule has 22 heavy (non-hydrogen) atoms. The van der Waals surface area contributed by atoms with Crippen molar-refractivity contribution in [3.8, 4) is 0 Å². The molecule has 1 aliphatic heterocycles. The lowest BCUT2D eigenvalue weighted by atomic mass is 9.89. The highest BCUT2D eigenvalue weighted by molar-refractivity contribution is 7.17. The molecule has 1 heterocycles. The van der Waals surface area contributed by atoms with E-state index in [1.165, 1.54) is 6.08 Å². The molecule has 0 aromatic rings. The van der Waals surface area contributed by atoms with Crippen molar-refractivity contribution in [2.24, 2.45) is 5.92 Å². The van der Waals surface area contributed by atoms with Crippen molar-refractivity contribution in [2.75, 3.05) is 19.8 Å². The molecule has 2 rings (SSSR count). The summed E-state index contributed by atoms with van der Waals surface area (Å²) < 4.78 is 38.6.